The summed E-state index contributed by atoms with van der Waals surface area (Å²) in [6, 6.07) is 7.64. The summed E-state index contributed by atoms with van der Waals surface area (Å²) in [5, 5.41) is 14.5. The summed E-state index contributed by atoms with van der Waals surface area (Å²) in [5.41, 5.74) is 0.545. The maximum atomic E-state index is 12.7. The quantitative estimate of drug-likeness (QED) is 0.814. The minimum absolute atomic E-state index is 0.00834. The average molecular weight is 345 g/mol. The van der Waals surface area contributed by atoms with Crippen molar-refractivity contribution < 1.29 is 24.2 Å². The molecule has 1 aliphatic heterocycles. The van der Waals surface area contributed by atoms with Crippen LogP contribution in [0.15, 0.2) is 47.0 Å². The van der Waals surface area contributed by atoms with Gasteiger partial charge in [-0.1, -0.05) is 6.07 Å². The van der Waals surface area contributed by atoms with Crippen LogP contribution < -0.4 is 14.8 Å². The van der Waals surface area contributed by atoms with Gasteiger partial charge in [0.05, 0.1) is 30.7 Å². The Morgan fingerprint density at radius 3 is 2.67 bits per heavy atom. The molecule has 1 aromatic carbocycles. The van der Waals surface area contributed by atoms with Gasteiger partial charge in [-0.3, -0.25) is 9.59 Å². The first kappa shape index (κ1) is 16.1. The number of aliphatic hydroxyl groups is 1. The fourth-order valence-corrected chi connectivity index (χ4v) is 3.29. The predicted molar refractivity (Wildman–Crippen MR) is 88.7 cm³/mol. The highest BCUT2D eigenvalue weighted by atomic mass is 32.1. The Kier molecular flexibility index (Phi) is 4.26. The SMILES string of the molecule is COc1ccc(OC)c([C@@H]2NC(=O)C(O)=C2C(=O)c2cccs2)c1. The van der Waals surface area contributed by atoms with Gasteiger partial charge in [0, 0.05) is 5.56 Å². The molecule has 1 amide bonds. The Labute approximate surface area is 142 Å². The van der Waals surface area contributed by atoms with Crippen molar-refractivity contribution in [2.24, 2.45) is 0 Å². The van der Waals surface area contributed by atoms with E-state index in [4.69, 9.17) is 9.47 Å². The molecule has 2 N–H and O–H groups in total. The summed E-state index contributed by atoms with van der Waals surface area (Å²) in [4.78, 5) is 25.1. The molecule has 6 nitrogen and oxygen atoms in total. The second kappa shape index (κ2) is 6.37. The number of hydrogen-bond acceptors (Lipinski definition) is 6. The van der Waals surface area contributed by atoms with Crippen LogP contribution in [0, 0.1) is 0 Å². The minimum atomic E-state index is -0.808. The van der Waals surface area contributed by atoms with E-state index in [-0.39, 0.29) is 5.57 Å². The van der Waals surface area contributed by atoms with Crippen LogP contribution in [0.5, 0.6) is 11.5 Å². The smallest absolute Gasteiger partial charge is 0.287 e. The largest absolute Gasteiger partial charge is 0.503 e. The third-order valence-corrected chi connectivity index (χ3v) is 4.64. The Morgan fingerprint density at radius 1 is 1.25 bits per heavy atom. The molecular formula is C17H15NO5S. The lowest BCUT2D eigenvalue weighted by molar-refractivity contribution is -0.119. The third-order valence-electron chi connectivity index (χ3n) is 3.77. The number of carbonyl (C=O) groups is 2. The standard InChI is InChI=1S/C17H15NO5S/c1-22-9-5-6-11(23-2)10(8-9)14-13(16(20)17(21)18-14)15(19)12-4-3-7-24-12/h3-8,14,20H,1-2H3,(H,18,21)/t14-/m0/s1. The number of thiophene rings is 1. The average Bonchev–Trinajstić information content (AvgIpc) is 3.23. The molecule has 0 radical (unpaired) electrons. The number of aliphatic hydroxyl groups excluding tert-OH is 1. The maximum absolute atomic E-state index is 12.7. The van der Waals surface area contributed by atoms with Gasteiger partial charge in [0.1, 0.15) is 11.5 Å². The van der Waals surface area contributed by atoms with Crippen molar-refractivity contribution in [3.05, 3.63) is 57.5 Å². The van der Waals surface area contributed by atoms with E-state index in [0.717, 1.165) is 0 Å². The number of ketones is 1. The van der Waals surface area contributed by atoms with Gasteiger partial charge in [0.2, 0.25) is 5.78 Å². The van der Waals surface area contributed by atoms with E-state index in [2.05, 4.69) is 5.32 Å². The molecule has 0 unspecified atom stereocenters. The Balaban J connectivity index is 2.11. The zero-order chi connectivity index (χ0) is 17.3. The zero-order valence-electron chi connectivity index (χ0n) is 13.0. The van der Waals surface area contributed by atoms with Crippen molar-refractivity contribution in [2.75, 3.05) is 14.2 Å². The predicted octanol–water partition coefficient (Wildman–Crippen LogP) is 2.63. The van der Waals surface area contributed by atoms with Gasteiger partial charge in [-0.2, -0.15) is 0 Å². The molecule has 0 saturated carbocycles. The molecule has 24 heavy (non-hydrogen) atoms. The number of ether oxygens (including phenoxy) is 2. The van der Waals surface area contributed by atoms with Crippen molar-refractivity contribution >= 4 is 23.0 Å². The first-order valence-corrected chi connectivity index (χ1v) is 7.99. The number of hydrogen-bond donors (Lipinski definition) is 2. The van der Waals surface area contributed by atoms with E-state index < -0.39 is 23.5 Å². The molecular weight excluding hydrogens is 330 g/mol. The second-order valence-corrected chi connectivity index (χ2v) is 6.03. The van der Waals surface area contributed by atoms with E-state index in [9.17, 15) is 14.7 Å². The summed E-state index contributed by atoms with van der Waals surface area (Å²) in [6.45, 7) is 0. The number of benzene rings is 1. The maximum Gasteiger partial charge on any atom is 0.287 e. The number of amides is 1. The summed E-state index contributed by atoms with van der Waals surface area (Å²) in [6.07, 6.45) is 0. The second-order valence-electron chi connectivity index (χ2n) is 5.08. The molecule has 1 atom stereocenters. The van der Waals surface area contributed by atoms with Crippen LogP contribution in [0.1, 0.15) is 21.3 Å². The highest BCUT2D eigenvalue weighted by Crippen LogP contribution is 2.38. The van der Waals surface area contributed by atoms with Gasteiger partial charge in [0.15, 0.2) is 5.76 Å². The Bertz CT molecular complexity index is 826. The van der Waals surface area contributed by atoms with E-state index >= 15 is 0 Å². The van der Waals surface area contributed by atoms with Crippen molar-refractivity contribution in [1.82, 2.24) is 5.32 Å². The monoisotopic (exact) mass is 345 g/mol. The normalized spacial score (nSPS) is 16.9. The molecule has 2 heterocycles. The highest BCUT2D eigenvalue weighted by Gasteiger charge is 2.39. The first-order chi connectivity index (χ1) is 11.6. The Morgan fingerprint density at radius 2 is 2.04 bits per heavy atom. The molecule has 0 spiro atoms. The van der Waals surface area contributed by atoms with Crippen LogP contribution in [-0.4, -0.2) is 31.0 Å². The lowest BCUT2D eigenvalue weighted by Crippen LogP contribution is -2.24. The third kappa shape index (κ3) is 2.63. The number of rotatable bonds is 5. The first-order valence-electron chi connectivity index (χ1n) is 7.11. The van der Waals surface area contributed by atoms with Crippen LogP contribution in [0.25, 0.3) is 0 Å². The Hall–Kier alpha value is -2.80. The van der Waals surface area contributed by atoms with Crippen molar-refractivity contribution in [3.63, 3.8) is 0 Å². The highest BCUT2D eigenvalue weighted by molar-refractivity contribution is 7.12. The number of carbonyl (C=O) groups excluding carboxylic acids is 2. The summed E-state index contributed by atoms with van der Waals surface area (Å²) < 4.78 is 10.5. The number of nitrogens with one attached hydrogen (secondary N) is 1. The molecule has 0 bridgehead atoms. The molecule has 3 rings (SSSR count). The summed E-state index contributed by atoms with van der Waals surface area (Å²) in [5.74, 6) is -0.620. The van der Waals surface area contributed by atoms with Crippen molar-refractivity contribution in [3.8, 4) is 11.5 Å². The van der Waals surface area contributed by atoms with Crippen LogP contribution in [-0.2, 0) is 4.79 Å². The molecule has 0 fully saturated rings. The molecule has 0 aliphatic carbocycles. The van der Waals surface area contributed by atoms with E-state index in [1.165, 1.54) is 25.6 Å². The lowest BCUT2D eigenvalue weighted by Gasteiger charge is -2.18. The van der Waals surface area contributed by atoms with Crippen LogP contribution in [0.4, 0.5) is 0 Å². The van der Waals surface area contributed by atoms with E-state index in [1.54, 1.807) is 35.7 Å². The van der Waals surface area contributed by atoms with E-state index in [1.807, 2.05) is 0 Å². The summed E-state index contributed by atoms with van der Waals surface area (Å²) in [7, 11) is 3.01. The van der Waals surface area contributed by atoms with Gasteiger partial charge >= 0.3 is 0 Å². The van der Waals surface area contributed by atoms with Gasteiger partial charge < -0.3 is 19.9 Å². The molecule has 2 aromatic rings. The number of Topliss-reactive ketones (excluding diaryl/α,β-unsaturated/α-hetero) is 1. The van der Waals surface area contributed by atoms with Gasteiger partial charge in [-0.05, 0) is 29.6 Å². The molecule has 7 heteroatoms. The van der Waals surface area contributed by atoms with Crippen molar-refractivity contribution in [2.45, 2.75) is 6.04 Å². The zero-order valence-corrected chi connectivity index (χ0v) is 13.8. The topological polar surface area (TPSA) is 84.9 Å². The lowest BCUT2D eigenvalue weighted by atomic mass is 9.95. The van der Waals surface area contributed by atoms with Crippen LogP contribution in [0.2, 0.25) is 0 Å². The fraction of sp³-hybridized carbons (Fsp3) is 0.176. The van der Waals surface area contributed by atoms with Gasteiger partial charge in [0.25, 0.3) is 5.91 Å². The van der Waals surface area contributed by atoms with Gasteiger partial charge in [-0.25, -0.2) is 0 Å². The number of methoxy groups -OCH3 is 2. The van der Waals surface area contributed by atoms with Gasteiger partial charge in [-0.15, -0.1) is 11.3 Å². The molecule has 124 valence electrons. The molecule has 1 aliphatic rings. The fourth-order valence-electron chi connectivity index (χ4n) is 2.61. The van der Waals surface area contributed by atoms with Crippen molar-refractivity contribution in [1.29, 1.82) is 0 Å². The minimum Gasteiger partial charge on any atom is -0.503 e. The van der Waals surface area contributed by atoms with E-state index in [0.29, 0.717) is 21.9 Å². The van der Waals surface area contributed by atoms with Crippen LogP contribution >= 0.6 is 11.3 Å². The molecule has 1 aromatic heterocycles. The molecule has 0 saturated heterocycles. The summed E-state index contributed by atoms with van der Waals surface area (Å²) >= 11 is 1.25. The van der Waals surface area contributed by atoms with Crippen LogP contribution in [0.3, 0.4) is 0 Å².